The van der Waals surface area contributed by atoms with E-state index in [1.807, 2.05) is 6.26 Å². The van der Waals surface area contributed by atoms with E-state index in [1.54, 1.807) is 11.8 Å². The minimum Gasteiger partial charge on any atom is -0.481 e. The number of carboxylic acids is 1. The molecule has 0 radical (unpaired) electrons. The van der Waals surface area contributed by atoms with Crippen LogP contribution in [0.3, 0.4) is 0 Å². The first-order valence-electron chi connectivity index (χ1n) is 5.41. The van der Waals surface area contributed by atoms with Crippen molar-refractivity contribution in [1.82, 2.24) is 5.32 Å². The summed E-state index contributed by atoms with van der Waals surface area (Å²) >= 11 is 1.62. The minimum atomic E-state index is -0.953. The molecule has 4 N–H and O–H groups in total. The number of thioether (sulfide) groups is 1. The van der Waals surface area contributed by atoms with Crippen LogP contribution in [-0.4, -0.2) is 54.3 Å². The summed E-state index contributed by atoms with van der Waals surface area (Å²) in [6, 6.07) is -1.06. The molecule has 0 aliphatic carbocycles. The van der Waals surface area contributed by atoms with Gasteiger partial charge in [-0.1, -0.05) is 0 Å². The summed E-state index contributed by atoms with van der Waals surface area (Å²) in [5.41, 5.74) is 5.69. The van der Waals surface area contributed by atoms with Crippen LogP contribution in [0.1, 0.15) is 6.42 Å². The van der Waals surface area contributed by atoms with E-state index < -0.39 is 24.0 Å². The number of carbonyl (C=O) groups excluding carboxylic acids is 1. The number of ether oxygens (including phenoxy) is 1. The number of carbonyl (C=O) groups is 2. The highest BCUT2D eigenvalue weighted by Gasteiger charge is 2.35. The van der Waals surface area contributed by atoms with E-state index in [1.165, 1.54) is 0 Å². The molecule has 0 saturated carbocycles. The summed E-state index contributed by atoms with van der Waals surface area (Å²) < 4.78 is 5.05. The lowest BCUT2D eigenvalue weighted by Crippen LogP contribution is -2.49. The van der Waals surface area contributed by atoms with Crippen LogP contribution in [0.2, 0.25) is 0 Å². The van der Waals surface area contributed by atoms with Crippen LogP contribution in [0, 0.1) is 5.92 Å². The van der Waals surface area contributed by atoms with Gasteiger partial charge in [-0.3, -0.25) is 9.59 Å². The molecule has 0 aromatic rings. The molecule has 2 unspecified atom stereocenters. The summed E-state index contributed by atoms with van der Waals surface area (Å²) in [6.07, 6.45) is 2.52. The lowest BCUT2D eigenvalue weighted by Gasteiger charge is -2.18. The largest absolute Gasteiger partial charge is 0.481 e. The van der Waals surface area contributed by atoms with Gasteiger partial charge in [0, 0.05) is 0 Å². The Labute approximate surface area is 104 Å². The zero-order valence-corrected chi connectivity index (χ0v) is 10.5. The first-order chi connectivity index (χ1) is 8.06. The van der Waals surface area contributed by atoms with E-state index in [-0.39, 0.29) is 19.1 Å². The lowest BCUT2D eigenvalue weighted by atomic mass is 10.0. The summed E-state index contributed by atoms with van der Waals surface area (Å²) in [4.78, 5) is 22.5. The molecule has 0 spiro atoms. The van der Waals surface area contributed by atoms with Crippen LogP contribution in [0.25, 0.3) is 0 Å². The molecule has 1 heterocycles. The molecular formula is C10H18N2O4S. The van der Waals surface area contributed by atoms with Crippen molar-refractivity contribution in [3.05, 3.63) is 0 Å². The Bertz CT molecular complexity index is 287. The zero-order chi connectivity index (χ0) is 12.8. The summed E-state index contributed by atoms with van der Waals surface area (Å²) in [6.45, 7) is 0.373. The Morgan fingerprint density at radius 2 is 2.29 bits per heavy atom. The average Bonchev–Trinajstić information content (AvgIpc) is 2.73. The number of hydrogen-bond donors (Lipinski definition) is 3. The van der Waals surface area contributed by atoms with Gasteiger partial charge in [-0.2, -0.15) is 11.8 Å². The van der Waals surface area contributed by atoms with Crippen LogP contribution in [0.15, 0.2) is 0 Å². The van der Waals surface area contributed by atoms with Crippen molar-refractivity contribution in [2.75, 3.05) is 25.2 Å². The van der Waals surface area contributed by atoms with Crippen LogP contribution in [0.4, 0.5) is 0 Å². The SMILES string of the molecule is CSCC[C@@H](N)C(=O)NC1COCC1C(=O)O. The van der Waals surface area contributed by atoms with Crippen LogP contribution in [-0.2, 0) is 14.3 Å². The molecule has 0 bridgehead atoms. The van der Waals surface area contributed by atoms with Crippen molar-refractivity contribution in [1.29, 1.82) is 0 Å². The number of rotatable bonds is 6. The monoisotopic (exact) mass is 262 g/mol. The maximum Gasteiger partial charge on any atom is 0.311 e. The molecule has 0 aromatic carbocycles. The molecule has 3 atom stereocenters. The fourth-order valence-electron chi connectivity index (χ4n) is 1.61. The highest BCUT2D eigenvalue weighted by atomic mass is 32.2. The van der Waals surface area contributed by atoms with E-state index in [0.29, 0.717) is 6.42 Å². The third kappa shape index (κ3) is 4.18. The molecule has 6 nitrogen and oxygen atoms in total. The molecular weight excluding hydrogens is 244 g/mol. The number of nitrogens with one attached hydrogen (secondary N) is 1. The van der Waals surface area contributed by atoms with Gasteiger partial charge >= 0.3 is 5.97 Å². The van der Waals surface area contributed by atoms with Gasteiger partial charge in [0.15, 0.2) is 0 Å². The third-order valence-corrected chi connectivity index (χ3v) is 3.34. The second-order valence-corrected chi connectivity index (χ2v) is 4.97. The van der Waals surface area contributed by atoms with Crippen LogP contribution >= 0.6 is 11.8 Å². The van der Waals surface area contributed by atoms with Crippen molar-refractivity contribution < 1.29 is 19.4 Å². The third-order valence-electron chi connectivity index (χ3n) is 2.70. The van der Waals surface area contributed by atoms with Gasteiger partial charge in [0.05, 0.1) is 25.3 Å². The van der Waals surface area contributed by atoms with E-state index in [9.17, 15) is 9.59 Å². The van der Waals surface area contributed by atoms with Gasteiger partial charge in [-0.05, 0) is 18.4 Å². The number of aliphatic carboxylic acids is 1. The average molecular weight is 262 g/mol. The normalized spacial score (nSPS) is 25.5. The molecule has 1 amide bonds. The van der Waals surface area contributed by atoms with Gasteiger partial charge in [0.25, 0.3) is 0 Å². The second-order valence-electron chi connectivity index (χ2n) is 3.99. The number of carboxylic acid groups (broad SMARTS) is 1. The topological polar surface area (TPSA) is 102 Å². The van der Waals surface area contributed by atoms with Gasteiger partial charge < -0.3 is 20.9 Å². The summed E-state index contributed by atoms with van der Waals surface area (Å²) in [5, 5.41) is 11.6. The highest BCUT2D eigenvalue weighted by molar-refractivity contribution is 7.98. The molecule has 1 rings (SSSR count). The van der Waals surface area contributed by atoms with Gasteiger partial charge in [0.2, 0.25) is 5.91 Å². The summed E-state index contributed by atoms with van der Waals surface area (Å²) in [5.74, 6) is -1.13. The molecule has 98 valence electrons. The molecule has 7 heteroatoms. The van der Waals surface area contributed by atoms with Gasteiger partial charge in [-0.25, -0.2) is 0 Å². The van der Waals surface area contributed by atoms with Gasteiger partial charge in [-0.15, -0.1) is 0 Å². The van der Waals surface area contributed by atoms with Crippen molar-refractivity contribution in [2.24, 2.45) is 11.7 Å². The Morgan fingerprint density at radius 3 is 2.88 bits per heavy atom. The van der Waals surface area contributed by atoms with E-state index in [2.05, 4.69) is 5.32 Å². The fourth-order valence-corrected chi connectivity index (χ4v) is 2.10. The number of hydrogen-bond acceptors (Lipinski definition) is 5. The first kappa shape index (κ1) is 14.3. The number of amides is 1. The molecule has 1 aliphatic rings. The zero-order valence-electron chi connectivity index (χ0n) is 9.72. The lowest BCUT2D eigenvalue weighted by molar-refractivity contribution is -0.142. The van der Waals surface area contributed by atoms with Crippen LogP contribution in [0.5, 0.6) is 0 Å². The summed E-state index contributed by atoms with van der Waals surface area (Å²) in [7, 11) is 0. The standard InChI is InChI=1S/C10H18N2O4S/c1-17-3-2-7(11)9(13)12-8-5-16-4-6(8)10(14)15/h6-8H,2-5,11H2,1H3,(H,12,13)(H,14,15)/t6?,7-,8?/m1/s1. The Hall–Kier alpha value is -0.790. The molecule has 1 aliphatic heterocycles. The molecule has 0 aromatic heterocycles. The Morgan fingerprint density at radius 1 is 1.59 bits per heavy atom. The molecule has 1 fully saturated rings. The highest BCUT2D eigenvalue weighted by Crippen LogP contribution is 2.14. The van der Waals surface area contributed by atoms with Crippen molar-refractivity contribution in [3.63, 3.8) is 0 Å². The van der Waals surface area contributed by atoms with Crippen molar-refractivity contribution >= 4 is 23.6 Å². The van der Waals surface area contributed by atoms with E-state index in [4.69, 9.17) is 15.6 Å². The number of nitrogens with two attached hydrogens (primary N) is 1. The van der Waals surface area contributed by atoms with E-state index >= 15 is 0 Å². The van der Waals surface area contributed by atoms with Gasteiger partial charge in [0.1, 0.15) is 5.92 Å². The predicted octanol–water partition coefficient (Wildman–Crippen LogP) is -0.717. The molecule has 1 saturated heterocycles. The quantitative estimate of drug-likeness (QED) is 0.584. The Kier molecular flexibility index (Phi) is 5.73. The van der Waals surface area contributed by atoms with Crippen LogP contribution < -0.4 is 11.1 Å². The maximum absolute atomic E-state index is 11.7. The van der Waals surface area contributed by atoms with E-state index in [0.717, 1.165) is 5.75 Å². The first-order valence-corrected chi connectivity index (χ1v) is 6.81. The molecule has 17 heavy (non-hydrogen) atoms. The fraction of sp³-hybridized carbons (Fsp3) is 0.800. The predicted molar refractivity (Wildman–Crippen MR) is 64.8 cm³/mol. The second kappa shape index (κ2) is 6.83. The van der Waals surface area contributed by atoms with Crippen molar-refractivity contribution in [3.8, 4) is 0 Å². The Balaban J connectivity index is 2.42. The van der Waals surface area contributed by atoms with Crippen molar-refractivity contribution in [2.45, 2.75) is 18.5 Å². The smallest absolute Gasteiger partial charge is 0.311 e. The minimum absolute atomic E-state index is 0.139. The maximum atomic E-state index is 11.7.